The van der Waals surface area contributed by atoms with Gasteiger partial charge in [-0.05, 0) is 28.8 Å². The van der Waals surface area contributed by atoms with E-state index < -0.39 is 20.5 Å². The molecule has 0 bridgehead atoms. The molecule has 0 aromatic heterocycles. The lowest BCUT2D eigenvalue weighted by Gasteiger charge is -2.37. The predicted molar refractivity (Wildman–Crippen MR) is 126 cm³/mol. The fourth-order valence-corrected chi connectivity index (χ4v) is 9.68. The number of hydrogen-bond acceptors (Lipinski definition) is 3. The highest BCUT2D eigenvalue weighted by molar-refractivity contribution is 6.90. The molecule has 0 aliphatic carbocycles. The van der Waals surface area contributed by atoms with Crippen molar-refractivity contribution in [3.8, 4) is 23.3 Å². The summed E-state index contributed by atoms with van der Waals surface area (Å²) in [7, 11) is -1.72. The molecule has 0 amide bonds. The van der Waals surface area contributed by atoms with Gasteiger partial charge in [-0.15, -0.1) is 5.54 Å². The van der Waals surface area contributed by atoms with Gasteiger partial charge in [0.2, 0.25) is 0 Å². The van der Waals surface area contributed by atoms with Crippen molar-refractivity contribution in [2.45, 2.75) is 83.1 Å². The Labute approximate surface area is 183 Å². The van der Waals surface area contributed by atoms with Gasteiger partial charge in [0, 0.05) is 12.0 Å². The molecule has 1 fully saturated rings. The molecule has 2 rings (SSSR count). The normalized spacial score (nSPS) is 20.7. The third-order valence-corrected chi connectivity index (χ3v) is 12.3. The summed E-state index contributed by atoms with van der Waals surface area (Å²) in [5, 5.41) is 10.4. The summed E-state index contributed by atoms with van der Waals surface area (Å²) in [5.74, 6) is 9.04. The molecule has 30 heavy (non-hydrogen) atoms. The quantitative estimate of drug-likeness (QED) is 0.491. The molecular weight excluding hydrogens is 388 g/mol. The Morgan fingerprint density at radius 2 is 1.57 bits per heavy atom. The molecule has 1 aliphatic rings. The van der Waals surface area contributed by atoms with Crippen LogP contribution in [0.25, 0.3) is 0 Å². The topological polar surface area (TPSA) is 38.7 Å². The van der Waals surface area contributed by atoms with Crippen molar-refractivity contribution in [3.63, 3.8) is 0 Å². The Morgan fingerprint density at radius 3 is 2.17 bits per heavy atom. The molecular formula is C26H36O3Si. The molecule has 1 aliphatic heterocycles. The number of aliphatic hydroxyl groups excluding tert-OH is 1. The molecule has 0 spiro atoms. The summed E-state index contributed by atoms with van der Waals surface area (Å²) in [4.78, 5) is 0. The third kappa shape index (κ3) is 6.09. The van der Waals surface area contributed by atoms with E-state index in [0.29, 0.717) is 29.7 Å². The number of ether oxygens (including phenoxy) is 2. The number of aliphatic hydroxyl groups is 1. The number of benzene rings is 1. The van der Waals surface area contributed by atoms with Crippen LogP contribution in [0.4, 0.5) is 0 Å². The zero-order chi connectivity index (χ0) is 22.1. The average Bonchev–Trinajstić information content (AvgIpc) is 2.73. The first kappa shape index (κ1) is 24.4. The maximum Gasteiger partial charge on any atom is 0.184 e. The van der Waals surface area contributed by atoms with Gasteiger partial charge in [-0.1, -0.05) is 89.6 Å². The van der Waals surface area contributed by atoms with Crippen molar-refractivity contribution < 1.29 is 14.6 Å². The van der Waals surface area contributed by atoms with Crippen LogP contribution in [-0.4, -0.2) is 32.0 Å². The van der Waals surface area contributed by atoms with Crippen LogP contribution >= 0.6 is 0 Å². The monoisotopic (exact) mass is 424 g/mol. The average molecular weight is 425 g/mol. The van der Waals surface area contributed by atoms with Gasteiger partial charge in [-0.25, -0.2) is 0 Å². The highest BCUT2D eigenvalue weighted by Gasteiger charge is 2.41. The fraction of sp³-hybridized carbons (Fsp3) is 0.538. The minimum Gasteiger partial charge on any atom is -0.378 e. The molecule has 3 nitrogen and oxygen atoms in total. The molecule has 162 valence electrons. The first-order valence-corrected chi connectivity index (χ1v) is 13.2. The van der Waals surface area contributed by atoms with Crippen molar-refractivity contribution in [1.82, 2.24) is 0 Å². The molecule has 0 radical (unpaired) electrons. The molecule has 1 N–H and O–H groups in total. The van der Waals surface area contributed by atoms with Gasteiger partial charge in [0.15, 0.2) is 6.29 Å². The first-order valence-electron chi connectivity index (χ1n) is 11.0. The second-order valence-corrected chi connectivity index (χ2v) is 14.4. The minimum absolute atomic E-state index is 0.362. The van der Waals surface area contributed by atoms with Crippen LogP contribution < -0.4 is 0 Å². The van der Waals surface area contributed by atoms with Crippen LogP contribution in [0.3, 0.4) is 0 Å². The van der Waals surface area contributed by atoms with Gasteiger partial charge in [-0.2, -0.15) is 0 Å². The molecule has 0 saturated carbocycles. The zero-order valence-corrected chi connectivity index (χ0v) is 20.2. The molecule has 3 atom stereocenters. The lowest BCUT2D eigenvalue weighted by molar-refractivity contribution is -0.231. The number of allylic oxidation sites excluding steroid dienone is 2. The SMILES string of the molecule is CC(C)[Si](C#C/C=C\C#C[C@H](O)[C@@H]1CCO[C@H](c2ccccc2)O1)(C(C)C)C(C)C. The first-order chi connectivity index (χ1) is 14.3. The van der Waals surface area contributed by atoms with E-state index in [1.165, 1.54) is 0 Å². The van der Waals surface area contributed by atoms with Gasteiger partial charge in [0.25, 0.3) is 0 Å². The maximum atomic E-state index is 10.4. The van der Waals surface area contributed by atoms with Crippen LogP contribution in [0.15, 0.2) is 42.5 Å². The summed E-state index contributed by atoms with van der Waals surface area (Å²) < 4.78 is 11.6. The van der Waals surface area contributed by atoms with Gasteiger partial charge in [-0.3, -0.25) is 0 Å². The second kappa shape index (κ2) is 11.5. The van der Waals surface area contributed by atoms with E-state index in [9.17, 15) is 5.11 Å². The van der Waals surface area contributed by atoms with Crippen LogP contribution in [0.1, 0.15) is 59.8 Å². The van der Waals surface area contributed by atoms with E-state index in [1.54, 1.807) is 6.08 Å². The Morgan fingerprint density at radius 1 is 0.967 bits per heavy atom. The molecule has 1 aromatic rings. The fourth-order valence-electron chi connectivity index (χ4n) is 4.48. The molecule has 4 heteroatoms. The number of rotatable bonds is 5. The molecule has 1 heterocycles. The van der Waals surface area contributed by atoms with E-state index in [4.69, 9.17) is 9.47 Å². The van der Waals surface area contributed by atoms with Crippen molar-refractivity contribution in [3.05, 3.63) is 48.0 Å². The third-order valence-electron chi connectivity index (χ3n) is 6.03. The highest BCUT2D eigenvalue weighted by atomic mass is 28.3. The van der Waals surface area contributed by atoms with Crippen molar-refractivity contribution >= 4 is 8.07 Å². The second-order valence-electron chi connectivity index (χ2n) is 8.81. The lowest BCUT2D eigenvalue weighted by atomic mass is 10.1. The van der Waals surface area contributed by atoms with E-state index in [1.807, 2.05) is 36.4 Å². The van der Waals surface area contributed by atoms with Gasteiger partial charge in [0.05, 0.1) is 6.61 Å². The molecule has 0 unspecified atom stereocenters. The maximum absolute atomic E-state index is 10.4. The Bertz CT molecular complexity index is 784. The van der Waals surface area contributed by atoms with E-state index >= 15 is 0 Å². The van der Waals surface area contributed by atoms with E-state index in [-0.39, 0.29) is 6.10 Å². The summed E-state index contributed by atoms with van der Waals surface area (Å²) in [6.45, 7) is 14.4. The zero-order valence-electron chi connectivity index (χ0n) is 19.2. The number of hydrogen-bond donors (Lipinski definition) is 1. The summed E-state index contributed by atoms with van der Waals surface area (Å²) >= 11 is 0. The van der Waals surface area contributed by atoms with Crippen LogP contribution in [-0.2, 0) is 9.47 Å². The smallest absolute Gasteiger partial charge is 0.184 e. The summed E-state index contributed by atoms with van der Waals surface area (Å²) in [5.41, 5.74) is 6.41. The van der Waals surface area contributed by atoms with Gasteiger partial charge in [0.1, 0.15) is 20.3 Å². The van der Waals surface area contributed by atoms with Crippen LogP contribution in [0, 0.1) is 23.3 Å². The van der Waals surface area contributed by atoms with Gasteiger partial charge >= 0.3 is 0 Å². The molecule has 1 saturated heterocycles. The van der Waals surface area contributed by atoms with Gasteiger partial charge < -0.3 is 14.6 Å². The summed E-state index contributed by atoms with van der Waals surface area (Å²) in [6.07, 6.45) is 2.49. The van der Waals surface area contributed by atoms with Crippen molar-refractivity contribution in [2.75, 3.05) is 6.61 Å². The van der Waals surface area contributed by atoms with Crippen LogP contribution in [0.2, 0.25) is 16.6 Å². The van der Waals surface area contributed by atoms with Crippen molar-refractivity contribution in [1.29, 1.82) is 0 Å². The highest BCUT2D eigenvalue weighted by Crippen LogP contribution is 2.40. The predicted octanol–water partition coefficient (Wildman–Crippen LogP) is 5.63. The largest absolute Gasteiger partial charge is 0.378 e. The lowest BCUT2D eigenvalue weighted by Crippen LogP contribution is -2.43. The summed E-state index contributed by atoms with van der Waals surface area (Å²) in [6, 6.07) is 9.77. The Balaban J connectivity index is 2.00. The Hall–Kier alpha value is -1.82. The van der Waals surface area contributed by atoms with E-state index in [2.05, 4.69) is 64.8 Å². The van der Waals surface area contributed by atoms with E-state index in [0.717, 1.165) is 5.56 Å². The van der Waals surface area contributed by atoms with Crippen molar-refractivity contribution in [2.24, 2.45) is 0 Å². The standard InChI is InChI=1S/C26H36O3Si/c1-20(2)30(21(3)4,22(5)6)19-13-8-7-12-16-24(27)25-17-18-28-26(29-25)23-14-10-9-11-15-23/h7-11,14-15,20-22,24-27H,17-18H2,1-6H3/b8-7-/t24-,25-,26-/m0/s1. The molecule has 1 aromatic carbocycles. The minimum atomic E-state index is -1.72. The van der Waals surface area contributed by atoms with Crippen LogP contribution in [0.5, 0.6) is 0 Å². The Kier molecular flexibility index (Phi) is 9.40.